The Bertz CT molecular complexity index is 876. The fraction of sp³-hybridized carbons (Fsp3) is 0.300. The van der Waals surface area contributed by atoms with E-state index in [0.29, 0.717) is 11.5 Å². The van der Waals surface area contributed by atoms with Gasteiger partial charge in [0.1, 0.15) is 0 Å². The van der Waals surface area contributed by atoms with Crippen molar-refractivity contribution in [3.63, 3.8) is 0 Å². The molecule has 0 atom stereocenters. The molecule has 0 bridgehead atoms. The average molecular weight is 391 g/mol. The summed E-state index contributed by atoms with van der Waals surface area (Å²) in [5, 5.41) is 8.96. The van der Waals surface area contributed by atoms with Gasteiger partial charge in [-0.1, -0.05) is 35.9 Å². The van der Waals surface area contributed by atoms with Crippen LogP contribution >= 0.6 is 0 Å². The minimum absolute atomic E-state index is 0.144. The van der Waals surface area contributed by atoms with Crippen LogP contribution in [0.25, 0.3) is 0 Å². The third-order valence-corrected chi connectivity index (χ3v) is 5.87. The van der Waals surface area contributed by atoms with E-state index < -0.39 is 10.0 Å². The maximum atomic E-state index is 13.1. The molecule has 2 aromatic carbocycles. The SMILES string of the molecule is COc1ccc(CN(C/C=C/CO)S(=O)(=O)c2ccc(C)cc2)cc1OC. The largest absolute Gasteiger partial charge is 0.493 e. The van der Waals surface area contributed by atoms with Crippen molar-refractivity contribution in [2.45, 2.75) is 18.4 Å². The Morgan fingerprint density at radius 3 is 2.26 bits per heavy atom. The molecule has 6 nitrogen and oxygen atoms in total. The van der Waals surface area contributed by atoms with E-state index in [4.69, 9.17) is 14.6 Å². The van der Waals surface area contributed by atoms with Gasteiger partial charge in [0.2, 0.25) is 10.0 Å². The number of methoxy groups -OCH3 is 2. The van der Waals surface area contributed by atoms with Gasteiger partial charge in [0.15, 0.2) is 11.5 Å². The minimum atomic E-state index is -3.70. The van der Waals surface area contributed by atoms with Gasteiger partial charge in [0.25, 0.3) is 0 Å². The molecule has 0 aliphatic rings. The van der Waals surface area contributed by atoms with Gasteiger partial charge in [-0.15, -0.1) is 0 Å². The Morgan fingerprint density at radius 2 is 1.67 bits per heavy atom. The van der Waals surface area contributed by atoms with Crippen LogP contribution in [-0.2, 0) is 16.6 Å². The summed E-state index contributed by atoms with van der Waals surface area (Å²) in [6, 6.07) is 12.0. The molecule has 7 heteroatoms. The second-order valence-electron chi connectivity index (χ2n) is 5.95. The Kier molecular flexibility index (Phi) is 7.41. The van der Waals surface area contributed by atoms with Gasteiger partial charge < -0.3 is 14.6 Å². The highest BCUT2D eigenvalue weighted by atomic mass is 32.2. The Morgan fingerprint density at radius 1 is 1.00 bits per heavy atom. The molecule has 0 amide bonds. The van der Waals surface area contributed by atoms with Gasteiger partial charge in [-0.05, 0) is 36.8 Å². The highest BCUT2D eigenvalue weighted by molar-refractivity contribution is 7.89. The number of aryl methyl sites for hydroxylation is 1. The van der Waals surface area contributed by atoms with Crippen LogP contribution in [0.5, 0.6) is 11.5 Å². The van der Waals surface area contributed by atoms with E-state index in [1.54, 1.807) is 55.7 Å². The summed E-state index contributed by atoms with van der Waals surface area (Å²) in [4.78, 5) is 0.228. The van der Waals surface area contributed by atoms with Crippen LogP contribution in [-0.4, -0.2) is 45.2 Å². The normalized spacial score (nSPS) is 11.9. The van der Waals surface area contributed by atoms with Crippen LogP contribution in [0.1, 0.15) is 11.1 Å². The lowest BCUT2D eigenvalue weighted by Crippen LogP contribution is -2.31. The highest BCUT2D eigenvalue weighted by Gasteiger charge is 2.24. The number of hydrogen-bond acceptors (Lipinski definition) is 5. The first kappa shape index (κ1) is 21.0. The molecule has 27 heavy (non-hydrogen) atoms. The van der Waals surface area contributed by atoms with Crippen LogP contribution < -0.4 is 9.47 Å². The first-order valence-electron chi connectivity index (χ1n) is 8.46. The molecule has 0 spiro atoms. The average Bonchev–Trinajstić information content (AvgIpc) is 2.67. The molecule has 0 fully saturated rings. The number of aliphatic hydroxyl groups excluding tert-OH is 1. The fourth-order valence-corrected chi connectivity index (χ4v) is 3.94. The fourth-order valence-electron chi connectivity index (χ4n) is 2.56. The van der Waals surface area contributed by atoms with Crippen molar-refractivity contribution in [2.24, 2.45) is 0 Å². The standard InChI is InChI=1S/C20H25NO5S/c1-16-6-9-18(10-7-16)27(23,24)21(12-4-5-13-22)15-17-8-11-19(25-2)20(14-17)26-3/h4-11,14,22H,12-13,15H2,1-3H3/b5-4+. The molecular weight excluding hydrogens is 366 g/mol. The van der Waals surface area contributed by atoms with E-state index in [2.05, 4.69) is 0 Å². The monoisotopic (exact) mass is 391 g/mol. The van der Waals surface area contributed by atoms with Crippen LogP contribution in [0.2, 0.25) is 0 Å². The third-order valence-electron chi connectivity index (χ3n) is 4.05. The maximum absolute atomic E-state index is 13.1. The molecule has 0 aliphatic heterocycles. The number of ether oxygens (including phenoxy) is 2. The van der Waals surface area contributed by atoms with E-state index in [-0.39, 0.29) is 24.6 Å². The van der Waals surface area contributed by atoms with Crippen molar-refractivity contribution >= 4 is 10.0 Å². The number of benzene rings is 2. The van der Waals surface area contributed by atoms with E-state index in [9.17, 15) is 8.42 Å². The molecule has 0 radical (unpaired) electrons. The van der Waals surface area contributed by atoms with E-state index >= 15 is 0 Å². The van der Waals surface area contributed by atoms with Crippen molar-refractivity contribution in [2.75, 3.05) is 27.4 Å². The Labute approximate surface area is 160 Å². The van der Waals surface area contributed by atoms with Crippen LogP contribution in [0.15, 0.2) is 59.5 Å². The van der Waals surface area contributed by atoms with E-state index in [1.165, 1.54) is 17.5 Å². The molecule has 0 saturated carbocycles. The van der Waals surface area contributed by atoms with Crippen LogP contribution in [0.3, 0.4) is 0 Å². The molecule has 0 aliphatic carbocycles. The Balaban J connectivity index is 2.36. The number of rotatable bonds is 9. The number of sulfonamides is 1. The molecule has 2 aromatic rings. The lowest BCUT2D eigenvalue weighted by atomic mass is 10.2. The number of hydrogen-bond donors (Lipinski definition) is 1. The molecule has 2 rings (SSSR count). The predicted octanol–water partition coefficient (Wildman–Crippen LogP) is 2.75. The molecular formula is C20H25NO5S. The summed E-state index contributed by atoms with van der Waals surface area (Å²) in [7, 11) is -0.622. The maximum Gasteiger partial charge on any atom is 0.243 e. The Hall–Kier alpha value is -2.35. The second kappa shape index (κ2) is 9.55. The molecule has 1 N–H and O–H groups in total. The number of nitrogens with zero attached hydrogens (tertiary/aromatic N) is 1. The molecule has 0 saturated heterocycles. The minimum Gasteiger partial charge on any atom is -0.493 e. The number of aliphatic hydroxyl groups is 1. The molecule has 0 aromatic heterocycles. The summed E-state index contributed by atoms with van der Waals surface area (Å²) in [6.45, 7) is 2.06. The van der Waals surface area contributed by atoms with Gasteiger partial charge in [-0.3, -0.25) is 0 Å². The predicted molar refractivity (Wildman–Crippen MR) is 105 cm³/mol. The molecule has 0 unspecified atom stereocenters. The zero-order chi connectivity index (χ0) is 19.9. The quantitative estimate of drug-likeness (QED) is 0.665. The zero-order valence-corrected chi connectivity index (χ0v) is 16.6. The van der Waals surface area contributed by atoms with Crippen molar-refractivity contribution in [1.29, 1.82) is 0 Å². The smallest absolute Gasteiger partial charge is 0.243 e. The summed E-state index contributed by atoms with van der Waals surface area (Å²) in [5.41, 5.74) is 1.75. The van der Waals surface area contributed by atoms with Gasteiger partial charge in [0.05, 0.1) is 25.7 Å². The third kappa shape index (κ3) is 5.32. The molecule has 146 valence electrons. The van der Waals surface area contributed by atoms with Gasteiger partial charge in [-0.25, -0.2) is 8.42 Å². The highest BCUT2D eigenvalue weighted by Crippen LogP contribution is 2.29. The van der Waals surface area contributed by atoms with Crippen molar-refractivity contribution in [3.05, 3.63) is 65.7 Å². The van der Waals surface area contributed by atoms with Crippen LogP contribution in [0.4, 0.5) is 0 Å². The van der Waals surface area contributed by atoms with Gasteiger partial charge in [-0.2, -0.15) is 4.31 Å². The summed E-state index contributed by atoms with van der Waals surface area (Å²) in [5.74, 6) is 1.11. The topological polar surface area (TPSA) is 76.1 Å². The second-order valence-corrected chi connectivity index (χ2v) is 7.89. The van der Waals surface area contributed by atoms with Gasteiger partial charge in [0, 0.05) is 13.1 Å². The van der Waals surface area contributed by atoms with E-state index in [1.807, 2.05) is 6.92 Å². The summed E-state index contributed by atoms with van der Waals surface area (Å²) in [6.07, 6.45) is 3.15. The lowest BCUT2D eigenvalue weighted by molar-refractivity contribution is 0.341. The first-order valence-corrected chi connectivity index (χ1v) is 9.90. The van der Waals surface area contributed by atoms with Crippen molar-refractivity contribution in [1.82, 2.24) is 4.31 Å². The van der Waals surface area contributed by atoms with Gasteiger partial charge >= 0.3 is 0 Å². The molecule has 0 heterocycles. The summed E-state index contributed by atoms with van der Waals surface area (Å²) < 4.78 is 38.1. The van der Waals surface area contributed by atoms with Crippen molar-refractivity contribution in [3.8, 4) is 11.5 Å². The first-order chi connectivity index (χ1) is 12.9. The van der Waals surface area contributed by atoms with Crippen LogP contribution in [0, 0.1) is 6.92 Å². The van der Waals surface area contributed by atoms with E-state index in [0.717, 1.165) is 11.1 Å². The lowest BCUT2D eigenvalue weighted by Gasteiger charge is -2.21. The zero-order valence-electron chi connectivity index (χ0n) is 15.8. The van der Waals surface area contributed by atoms with Crippen molar-refractivity contribution < 1.29 is 23.0 Å². The summed E-state index contributed by atoms with van der Waals surface area (Å²) >= 11 is 0.